The van der Waals surface area contributed by atoms with Crippen molar-refractivity contribution < 1.29 is 22.7 Å². The van der Waals surface area contributed by atoms with Gasteiger partial charge in [0.25, 0.3) is 5.91 Å². The zero-order valence-electron chi connectivity index (χ0n) is 13.5. The van der Waals surface area contributed by atoms with E-state index in [-0.39, 0.29) is 12.4 Å². The fourth-order valence-corrected chi connectivity index (χ4v) is 3.26. The predicted molar refractivity (Wildman–Crippen MR) is 93.3 cm³/mol. The second-order valence-corrected chi connectivity index (χ2v) is 6.60. The van der Waals surface area contributed by atoms with Gasteiger partial charge in [-0.15, -0.1) is 11.3 Å². The van der Waals surface area contributed by atoms with Crippen LogP contribution in [-0.2, 0) is 17.4 Å². The van der Waals surface area contributed by atoms with Gasteiger partial charge in [-0.05, 0) is 30.3 Å². The summed E-state index contributed by atoms with van der Waals surface area (Å²) in [7, 11) is 0. The van der Waals surface area contributed by atoms with Crippen molar-refractivity contribution in [2.75, 3.05) is 13.2 Å². The molecule has 3 aromatic rings. The lowest BCUT2D eigenvalue weighted by Crippen LogP contribution is -2.30. The molecule has 8 heteroatoms. The van der Waals surface area contributed by atoms with Crippen molar-refractivity contribution in [3.8, 4) is 5.75 Å². The maximum absolute atomic E-state index is 12.6. The molecule has 136 valence electrons. The molecule has 26 heavy (non-hydrogen) atoms. The molecule has 1 amide bonds. The zero-order chi connectivity index (χ0) is 18.6. The van der Waals surface area contributed by atoms with Crippen LogP contribution in [0.1, 0.15) is 10.6 Å². The van der Waals surface area contributed by atoms with Crippen LogP contribution in [0.5, 0.6) is 5.75 Å². The Labute approximate surface area is 151 Å². The molecule has 3 rings (SSSR count). The van der Waals surface area contributed by atoms with Crippen LogP contribution in [0.4, 0.5) is 13.2 Å². The molecular formula is C18H15F3N2O2S. The lowest BCUT2D eigenvalue weighted by atomic mass is 10.2. The number of nitrogens with zero attached hydrogens (tertiary/aromatic N) is 1. The number of carbonyl (C=O) groups is 1. The normalized spacial score (nSPS) is 11.5. The van der Waals surface area contributed by atoms with E-state index in [0.29, 0.717) is 13.0 Å². The number of amides is 1. The number of benzene rings is 2. The Hall–Kier alpha value is -2.61. The van der Waals surface area contributed by atoms with Crippen LogP contribution >= 0.6 is 11.3 Å². The number of aromatic nitrogens is 1. The molecule has 0 bridgehead atoms. The minimum atomic E-state index is -4.45. The van der Waals surface area contributed by atoms with Crippen molar-refractivity contribution in [2.45, 2.75) is 12.6 Å². The first kappa shape index (κ1) is 18.2. The number of rotatable bonds is 6. The molecule has 0 unspecified atom stereocenters. The first-order chi connectivity index (χ1) is 12.4. The topological polar surface area (TPSA) is 51.2 Å². The van der Waals surface area contributed by atoms with Crippen LogP contribution in [0.15, 0.2) is 48.5 Å². The number of hydrogen-bond donors (Lipinski definition) is 1. The monoisotopic (exact) mass is 380 g/mol. The van der Waals surface area contributed by atoms with E-state index < -0.39 is 17.6 Å². The van der Waals surface area contributed by atoms with Gasteiger partial charge in [0, 0.05) is 13.0 Å². The molecule has 4 nitrogen and oxygen atoms in total. The third-order valence-electron chi connectivity index (χ3n) is 3.53. The summed E-state index contributed by atoms with van der Waals surface area (Å²) < 4.78 is 44.1. The zero-order valence-corrected chi connectivity index (χ0v) is 14.4. The van der Waals surface area contributed by atoms with Crippen LogP contribution in [0.25, 0.3) is 10.2 Å². The van der Waals surface area contributed by atoms with Crippen LogP contribution in [0, 0.1) is 0 Å². The number of nitrogens with one attached hydrogen (secondary N) is 1. The van der Waals surface area contributed by atoms with Crippen molar-refractivity contribution in [3.63, 3.8) is 0 Å². The van der Waals surface area contributed by atoms with Gasteiger partial charge in [0.2, 0.25) is 0 Å². The van der Waals surface area contributed by atoms with E-state index in [1.54, 1.807) is 11.3 Å². The van der Waals surface area contributed by atoms with Crippen molar-refractivity contribution in [1.82, 2.24) is 10.3 Å². The number of ether oxygens (including phenoxy) is 1. The molecule has 0 atom stereocenters. The standard InChI is InChI=1S/C18H15F3N2O2S/c19-18(20,21)12-4-3-5-13(10-12)25-11-16(24)22-9-8-17-23-14-6-1-2-7-15(14)26-17/h1-7,10H,8-9,11H2,(H,22,24). The first-order valence-corrected chi connectivity index (χ1v) is 8.65. The smallest absolute Gasteiger partial charge is 0.416 e. The van der Waals surface area contributed by atoms with Crippen LogP contribution in [-0.4, -0.2) is 24.0 Å². The fraction of sp³-hybridized carbons (Fsp3) is 0.222. The van der Waals surface area contributed by atoms with Crippen molar-refractivity contribution in [3.05, 3.63) is 59.1 Å². The predicted octanol–water partition coefficient (Wildman–Crippen LogP) is 4.05. The summed E-state index contributed by atoms with van der Waals surface area (Å²) in [5.41, 5.74) is 0.109. The lowest BCUT2D eigenvalue weighted by molar-refractivity contribution is -0.137. The van der Waals surface area contributed by atoms with Crippen LogP contribution in [0.3, 0.4) is 0 Å². The van der Waals surface area contributed by atoms with Gasteiger partial charge in [0.1, 0.15) is 5.75 Å². The van der Waals surface area contributed by atoms with Gasteiger partial charge in [0.05, 0.1) is 20.8 Å². The molecule has 1 aromatic heterocycles. The minimum absolute atomic E-state index is 0.00106. The van der Waals surface area contributed by atoms with E-state index in [0.717, 1.165) is 27.4 Å². The number of thiazole rings is 1. The number of halogens is 3. The van der Waals surface area contributed by atoms with Crippen molar-refractivity contribution >= 4 is 27.5 Å². The molecule has 1 heterocycles. The molecule has 2 aromatic carbocycles. The maximum atomic E-state index is 12.6. The average molecular weight is 380 g/mol. The number of fused-ring (bicyclic) bond motifs is 1. The molecular weight excluding hydrogens is 365 g/mol. The van der Waals surface area contributed by atoms with Crippen molar-refractivity contribution in [2.24, 2.45) is 0 Å². The summed E-state index contributed by atoms with van der Waals surface area (Å²) in [6.07, 6.45) is -3.87. The Kier molecular flexibility index (Phi) is 5.41. The number of carbonyl (C=O) groups excluding carboxylic acids is 1. The molecule has 0 aliphatic heterocycles. The molecule has 0 aliphatic carbocycles. The largest absolute Gasteiger partial charge is 0.484 e. The number of para-hydroxylation sites is 1. The quantitative estimate of drug-likeness (QED) is 0.702. The van der Waals surface area contributed by atoms with E-state index in [1.165, 1.54) is 12.1 Å². The SMILES string of the molecule is O=C(COc1cccc(C(F)(F)F)c1)NCCc1nc2ccccc2s1. The highest BCUT2D eigenvalue weighted by atomic mass is 32.1. The van der Waals surface area contributed by atoms with Gasteiger partial charge in [0.15, 0.2) is 6.61 Å². The highest BCUT2D eigenvalue weighted by Gasteiger charge is 2.30. The number of alkyl halides is 3. The highest BCUT2D eigenvalue weighted by Crippen LogP contribution is 2.31. The van der Waals surface area contributed by atoms with Gasteiger partial charge in [-0.25, -0.2) is 4.98 Å². The van der Waals surface area contributed by atoms with Gasteiger partial charge >= 0.3 is 6.18 Å². The van der Waals surface area contributed by atoms with E-state index in [4.69, 9.17) is 4.74 Å². The Morgan fingerprint density at radius 3 is 2.73 bits per heavy atom. The molecule has 1 N–H and O–H groups in total. The van der Waals surface area contributed by atoms with E-state index in [2.05, 4.69) is 10.3 Å². The lowest BCUT2D eigenvalue weighted by Gasteiger charge is -2.10. The summed E-state index contributed by atoms with van der Waals surface area (Å²) in [6, 6.07) is 12.2. The third-order valence-corrected chi connectivity index (χ3v) is 4.63. The summed E-state index contributed by atoms with van der Waals surface area (Å²) in [4.78, 5) is 16.3. The summed E-state index contributed by atoms with van der Waals surface area (Å²) in [5, 5.41) is 3.58. The minimum Gasteiger partial charge on any atom is -0.484 e. The number of hydrogen-bond acceptors (Lipinski definition) is 4. The summed E-state index contributed by atoms with van der Waals surface area (Å²) >= 11 is 1.56. The van der Waals surface area contributed by atoms with E-state index in [9.17, 15) is 18.0 Å². The molecule has 0 radical (unpaired) electrons. The summed E-state index contributed by atoms with van der Waals surface area (Å²) in [6.45, 7) is 0.0335. The van der Waals surface area contributed by atoms with Gasteiger partial charge in [-0.3, -0.25) is 4.79 Å². The van der Waals surface area contributed by atoms with Crippen LogP contribution < -0.4 is 10.1 Å². The molecule has 0 saturated heterocycles. The molecule has 0 fully saturated rings. The fourth-order valence-electron chi connectivity index (χ4n) is 2.30. The Bertz CT molecular complexity index is 876. The maximum Gasteiger partial charge on any atom is 0.416 e. The van der Waals surface area contributed by atoms with Gasteiger partial charge in [-0.1, -0.05) is 18.2 Å². The van der Waals surface area contributed by atoms with Gasteiger partial charge in [-0.2, -0.15) is 13.2 Å². The second-order valence-electron chi connectivity index (χ2n) is 5.49. The Morgan fingerprint density at radius 1 is 1.15 bits per heavy atom. The molecule has 0 aliphatic rings. The third kappa shape index (κ3) is 4.72. The van der Waals surface area contributed by atoms with Crippen molar-refractivity contribution in [1.29, 1.82) is 0 Å². The summed E-state index contributed by atoms with van der Waals surface area (Å²) in [5.74, 6) is -0.398. The van der Waals surface area contributed by atoms with Crippen LogP contribution in [0.2, 0.25) is 0 Å². The van der Waals surface area contributed by atoms with Gasteiger partial charge < -0.3 is 10.1 Å². The average Bonchev–Trinajstić information content (AvgIpc) is 3.02. The second kappa shape index (κ2) is 7.74. The highest BCUT2D eigenvalue weighted by molar-refractivity contribution is 7.18. The molecule has 0 saturated carbocycles. The Morgan fingerprint density at radius 2 is 1.96 bits per heavy atom. The Balaban J connectivity index is 1.46. The van der Waals surface area contributed by atoms with E-state index >= 15 is 0 Å². The molecule has 0 spiro atoms. The first-order valence-electron chi connectivity index (χ1n) is 7.83. The van der Waals surface area contributed by atoms with E-state index in [1.807, 2.05) is 24.3 Å².